The molecular weight excluding hydrogens is 231 g/mol. The van der Waals surface area contributed by atoms with E-state index in [1.165, 1.54) is 18.2 Å². The summed E-state index contributed by atoms with van der Waals surface area (Å²) in [5.74, 6) is -0.387. The maximum absolute atomic E-state index is 13.0. The van der Waals surface area contributed by atoms with Crippen molar-refractivity contribution in [2.24, 2.45) is 0 Å². The molecule has 0 saturated carbocycles. The zero-order valence-corrected chi connectivity index (χ0v) is 10.4. The van der Waals surface area contributed by atoms with Crippen molar-refractivity contribution >= 4 is 10.9 Å². The Morgan fingerprint density at radius 2 is 2.17 bits per heavy atom. The first kappa shape index (κ1) is 12.8. The molecule has 1 aromatic carbocycles. The molecule has 18 heavy (non-hydrogen) atoms. The van der Waals surface area contributed by atoms with Gasteiger partial charge < -0.3 is 10.3 Å². The molecule has 0 bridgehead atoms. The molecule has 1 heterocycles. The summed E-state index contributed by atoms with van der Waals surface area (Å²) in [4.78, 5) is 15.0. The third kappa shape index (κ3) is 2.96. The molecule has 0 aliphatic carbocycles. The fourth-order valence-electron chi connectivity index (χ4n) is 1.89. The maximum Gasteiger partial charge on any atom is 0.189 e. The Morgan fingerprint density at radius 3 is 2.94 bits per heavy atom. The lowest BCUT2D eigenvalue weighted by molar-refractivity contribution is 0.628. The minimum absolute atomic E-state index is 0.143. The molecule has 0 radical (unpaired) electrons. The Balaban J connectivity index is 2.21. The lowest BCUT2D eigenvalue weighted by Gasteiger charge is -2.06. The van der Waals surface area contributed by atoms with Crippen LogP contribution in [0.15, 0.2) is 29.1 Å². The Kier molecular flexibility index (Phi) is 4.10. The smallest absolute Gasteiger partial charge is 0.189 e. The van der Waals surface area contributed by atoms with Gasteiger partial charge in [0.15, 0.2) is 5.43 Å². The largest absolute Gasteiger partial charge is 0.357 e. The fourth-order valence-corrected chi connectivity index (χ4v) is 1.89. The molecule has 0 atom stereocenters. The Morgan fingerprint density at radius 1 is 1.33 bits per heavy atom. The number of hydrogen-bond acceptors (Lipinski definition) is 2. The number of unbranched alkanes of at least 4 members (excludes halogenated alkanes) is 1. The van der Waals surface area contributed by atoms with Crippen molar-refractivity contribution < 1.29 is 4.39 Å². The van der Waals surface area contributed by atoms with Crippen LogP contribution < -0.4 is 10.7 Å². The summed E-state index contributed by atoms with van der Waals surface area (Å²) in [6.45, 7) is 3.69. The molecule has 0 spiro atoms. The Labute approximate surface area is 105 Å². The summed E-state index contributed by atoms with van der Waals surface area (Å²) in [7, 11) is 0. The van der Waals surface area contributed by atoms with Gasteiger partial charge in [-0.1, -0.05) is 13.3 Å². The first-order valence-corrected chi connectivity index (χ1v) is 6.23. The molecule has 2 aromatic rings. The van der Waals surface area contributed by atoms with E-state index in [9.17, 15) is 9.18 Å². The van der Waals surface area contributed by atoms with Crippen molar-refractivity contribution in [1.29, 1.82) is 0 Å². The lowest BCUT2D eigenvalue weighted by atomic mass is 10.2. The highest BCUT2D eigenvalue weighted by Gasteiger charge is 2.03. The van der Waals surface area contributed by atoms with Crippen molar-refractivity contribution in [3.8, 4) is 0 Å². The third-order valence-corrected chi connectivity index (χ3v) is 2.87. The number of nitrogens with one attached hydrogen (secondary N) is 2. The minimum Gasteiger partial charge on any atom is -0.357 e. The number of aromatic nitrogens is 1. The number of hydrogen-bond donors (Lipinski definition) is 2. The Hall–Kier alpha value is -1.68. The van der Waals surface area contributed by atoms with E-state index < -0.39 is 0 Å². The average molecular weight is 248 g/mol. The summed E-state index contributed by atoms with van der Waals surface area (Å²) >= 11 is 0. The molecule has 0 fully saturated rings. The SMILES string of the molecule is CCCCNCc1cc(=O)c2cc(F)ccc2[nH]1. The first-order chi connectivity index (χ1) is 8.70. The monoisotopic (exact) mass is 248 g/mol. The van der Waals surface area contributed by atoms with Crippen LogP contribution in [0.5, 0.6) is 0 Å². The molecular formula is C14H17FN2O. The van der Waals surface area contributed by atoms with Gasteiger partial charge in [-0.15, -0.1) is 0 Å². The number of halogens is 1. The second-order valence-corrected chi connectivity index (χ2v) is 4.38. The van der Waals surface area contributed by atoms with E-state index in [0.29, 0.717) is 17.4 Å². The number of fused-ring (bicyclic) bond motifs is 1. The van der Waals surface area contributed by atoms with E-state index in [2.05, 4.69) is 17.2 Å². The van der Waals surface area contributed by atoms with Crippen molar-refractivity contribution in [2.45, 2.75) is 26.3 Å². The van der Waals surface area contributed by atoms with Gasteiger partial charge in [-0.05, 0) is 31.2 Å². The van der Waals surface area contributed by atoms with E-state index in [-0.39, 0.29) is 11.2 Å². The van der Waals surface area contributed by atoms with E-state index >= 15 is 0 Å². The molecule has 1 aromatic heterocycles. The molecule has 3 nitrogen and oxygen atoms in total. The van der Waals surface area contributed by atoms with Crippen LogP contribution in [0.25, 0.3) is 10.9 Å². The second-order valence-electron chi connectivity index (χ2n) is 4.38. The minimum atomic E-state index is -0.387. The van der Waals surface area contributed by atoms with Crippen LogP contribution in [-0.4, -0.2) is 11.5 Å². The molecule has 0 aliphatic rings. The van der Waals surface area contributed by atoms with E-state index in [0.717, 1.165) is 25.1 Å². The molecule has 0 aliphatic heterocycles. The second kappa shape index (κ2) is 5.78. The Bertz CT molecular complexity index is 592. The number of rotatable bonds is 5. The standard InChI is InChI=1S/C14H17FN2O/c1-2-3-6-16-9-11-8-14(18)12-7-10(15)4-5-13(12)17-11/h4-5,7-8,16H,2-3,6,9H2,1H3,(H,17,18). The van der Waals surface area contributed by atoms with Crippen LogP contribution >= 0.6 is 0 Å². The van der Waals surface area contributed by atoms with Crippen LogP contribution in [0.4, 0.5) is 4.39 Å². The van der Waals surface area contributed by atoms with E-state index in [1.54, 1.807) is 6.07 Å². The predicted octanol–water partition coefficient (Wildman–Crippen LogP) is 2.56. The topological polar surface area (TPSA) is 44.9 Å². The van der Waals surface area contributed by atoms with E-state index in [4.69, 9.17) is 0 Å². The van der Waals surface area contributed by atoms with Crippen molar-refractivity contribution in [3.05, 3.63) is 46.0 Å². The highest BCUT2D eigenvalue weighted by atomic mass is 19.1. The number of pyridine rings is 1. The zero-order chi connectivity index (χ0) is 13.0. The lowest BCUT2D eigenvalue weighted by Crippen LogP contribution is -2.17. The quantitative estimate of drug-likeness (QED) is 0.799. The highest BCUT2D eigenvalue weighted by Crippen LogP contribution is 2.10. The van der Waals surface area contributed by atoms with Crippen LogP contribution in [0.3, 0.4) is 0 Å². The molecule has 96 valence electrons. The number of H-pyrrole nitrogens is 1. The van der Waals surface area contributed by atoms with Crippen molar-refractivity contribution in [3.63, 3.8) is 0 Å². The zero-order valence-electron chi connectivity index (χ0n) is 10.4. The van der Waals surface area contributed by atoms with Crippen molar-refractivity contribution in [1.82, 2.24) is 10.3 Å². The van der Waals surface area contributed by atoms with Crippen LogP contribution in [0.1, 0.15) is 25.5 Å². The van der Waals surface area contributed by atoms with Crippen LogP contribution in [0, 0.1) is 5.82 Å². The van der Waals surface area contributed by atoms with Gasteiger partial charge in [-0.25, -0.2) is 4.39 Å². The van der Waals surface area contributed by atoms with Gasteiger partial charge in [0, 0.05) is 29.2 Å². The van der Waals surface area contributed by atoms with Gasteiger partial charge in [-0.2, -0.15) is 0 Å². The molecule has 2 rings (SSSR count). The first-order valence-electron chi connectivity index (χ1n) is 6.23. The maximum atomic E-state index is 13.0. The van der Waals surface area contributed by atoms with Crippen molar-refractivity contribution in [2.75, 3.05) is 6.54 Å². The summed E-state index contributed by atoms with van der Waals surface area (Å²) in [5.41, 5.74) is 1.36. The van der Waals surface area contributed by atoms with Gasteiger partial charge in [0.05, 0.1) is 0 Å². The molecule has 4 heteroatoms. The van der Waals surface area contributed by atoms with Gasteiger partial charge >= 0.3 is 0 Å². The fraction of sp³-hybridized carbons (Fsp3) is 0.357. The summed E-state index contributed by atoms with van der Waals surface area (Å²) in [6, 6.07) is 5.75. The molecule has 0 amide bonds. The van der Waals surface area contributed by atoms with Crippen LogP contribution in [0.2, 0.25) is 0 Å². The average Bonchev–Trinajstić information content (AvgIpc) is 2.36. The molecule has 2 N–H and O–H groups in total. The van der Waals surface area contributed by atoms with Gasteiger partial charge in [-0.3, -0.25) is 4.79 Å². The molecule has 0 unspecified atom stereocenters. The van der Waals surface area contributed by atoms with Crippen LogP contribution in [-0.2, 0) is 6.54 Å². The summed E-state index contributed by atoms with van der Waals surface area (Å²) in [5, 5.41) is 3.66. The highest BCUT2D eigenvalue weighted by molar-refractivity contribution is 5.78. The summed E-state index contributed by atoms with van der Waals surface area (Å²) < 4.78 is 13.0. The summed E-state index contributed by atoms with van der Waals surface area (Å²) in [6.07, 6.45) is 2.25. The van der Waals surface area contributed by atoms with Gasteiger partial charge in [0.1, 0.15) is 5.82 Å². The number of aromatic amines is 1. The predicted molar refractivity (Wildman–Crippen MR) is 71.1 cm³/mol. The molecule has 0 saturated heterocycles. The third-order valence-electron chi connectivity index (χ3n) is 2.87. The van der Waals surface area contributed by atoms with Gasteiger partial charge in [0.25, 0.3) is 0 Å². The van der Waals surface area contributed by atoms with E-state index in [1.807, 2.05) is 0 Å². The van der Waals surface area contributed by atoms with Gasteiger partial charge in [0.2, 0.25) is 0 Å². The normalized spacial score (nSPS) is 11.0. The number of benzene rings is 1.